The number of aromatic nitrogens is 1. The first kappa shape index (κ1) is 19.8. The quantitative estimate of drug-likeness (QED) is 0.615. The molecule has 2 heterocycles. The van der Waals surface area contributed by atoms with E-state index in [9.17, 15) is 14.0 Å². The molecule has 2 aromatic carbocycles. The van der Waals surface area contributed by atoms with Gasteiger partial charge in [0, 0.05) is 5.56 Å². The van der Waals surface area contributed by atoms with Crippen LogP contribution in [0.1, 0.15) is 37.1 Å². The molecule has 1 aromatic heterocycles. The van der Waals surface area contributed by atoms with Crippen LogP contribution >= 0.6 is 0 Å². The van der Waals surface area contributed by atoms with Gasteiger partial charge in [0.1, 0.15) is 17.6 Å². The zero-order valence-corrected chi connectivity index (χ0v) is 16.8. The van der Waals surface area contributed by atoms with E-state index < -0.39 is 17.4 Å². The number of aryl methyl sites for hydroxylation is 1. The molecule has 0 saturated carbocycles. The van der Waals surface area contributed by atoms with E-state index in [0.29, 0.717) is 11.3 Å². The van der Waals surface area contributed by atoms with Crippen LogP contribution in [0.15, 0.2) is 59.2 Å². The van der Waals surface area contributed by atoms with Crippen molar-refractivity contribution in [2.24, 2.45) is 0 Å². The Balaban J connectivity index is 1.53. The summed E-state index contributed by atoms with van der Waals surface area (Å²) in [5, 5.41) is 2.79. The van der Waals surface area contributed by atoms with Crippen molar-refractivity contribution in [3.05, 3.63) is 77.4 Å². The molecule has 1 unspecified atom stereocenters. The molecular formula is C23H22FN3O3. The van der Waals surface area contributed by atoms with Crippen molar-refractivity contribution >= 4 is 11.9 Å². The van der Waals surface area contributed by atoms with E-state index in [4.69, 9.17) is 4.42 Å². The first-order valence-corrected chi connectivity index (χ1v) is 9.84. The fourth-order valence-electron chi connectivity index (χ4n) is 3.63. The number of oxazole rings is 1. The van der Waals surface area contributed by atoms with Crippen LogP contribution in [0.2, 0.25) is 0 Å². The Bertz CT molecular complexity index is 1090. The van der Waals surface area contributed by atoms with Gasteiger partial charge >= 0.3 is 6.03 Å². The third-order valence-corrected chi connectivity index (χ3v) is 5.29. The van der Waals surface area contributed by atoms with Crippen LogP contribution in [-0.2, 0) is 23.3 Å². The van der Waals surface area contributed by atoms with E-state index in [1.54, 1.807) is 19.1 Å². The molecule has 1 aliphatic heterocycles. The maximum absolute atomic E-state index is 13.4. The number of hydrogen-bond acceptors (Lipinski definition) is 4. The highest BCUT2D eigenvalue weighted by atomic mass is 19.1. The molecule has 1 N–H and O–H groups in total. The molecular weight excluding hydrogens is 385 g/mol. The molecule has 7 heteroatoms. The number of benzene rings is 2. The van der Waals surface area contributed by atoms with Crippen molar-refractivity contribution in [3.8, 4) is 11.5 Å². The van der Waals surface area contributed by atoms with Crippen LogP contribution < -0.4 is 5.32 Å². The maximum atomic E-state index is 13.4. The lowest BCUT2D eigenvalue weighted by Crippen LogP contribution is -2.40. The minimum absolute atomic E-state index is 0.0347. The van der Waals surface area contributed by atoms with Crippen molar-refractivity contribution < 1.29 is 18.4 Å². The number of rotatable bonds is 6. The number of hydrogen-bond donors (Lipinski definition) is 1. The second-order valence-electron chi connectivity index (χ2n) is 7.55. The molecule has 1 atom stereocenters. The molecule has 30 heavy (non-hydrogen) atoms. The molecule has 0 spiro atoms. The molecule has 1 saturated heterocycles. The normalized spacial score (nSPS) is 18.7. The second-order valence-corrected chi connectivity index (χ2v) is 7.55. The van der Waals surface area contributed by atoms with Gasteiger partial charge in [-0.25, -0.2) is 14.2 Å². The van der Waals surface area contributed by atoms with Crippen LogP contribution in [0, 0.1) is 5.82 Å². The molecule has 3 aromatic rings. The minimum atomic E-state index is -1.14. The molecule has 1 aliphatic rings. The van der Waals surface area contributed by atoms with Gasteiger partial charge in [-0.05, 0) is 42.7 Å². The topological polar surface area (TPSA) is 75.4 Å². The van der Waals surface area contributed by atoms with Gasteiger partial charge in [0.15, 0.2) is 0 Å². The van der Waals surface area contributed by atoms with Gasteiger partial charge in [-0.1, -0.05) is 43.7 Å². The second kappa shape index (κ2) is 7.74. The standard InChI is InChI=1S/C23H22FN3O3/c1-3-5-15-8-10-17(11-9-15)23(2)21(28)27(22(29)26-23)13-19-14-30-20(25-19)16-6-4-7-18(24)12-16/h4,6-12,14H,3,5,13H2,1-2H3,(H,26,29). The van der Waals surface area contributed by atoms with Gasteiger partial charge in [0.25, 0.3) is 5.91 Å². The predicted molar refractivity (Wildman–Crippen MR) is 109 cm³/mol. The fourth-order valence-corrected chi connectivity index (χ4v) is 3.63. The summed E-state index contributed by atoms with van der Waals surface area (Å²) < 4.78 is 18.8. The molecule has 1 fully saturated rings. The van der Waals surface area contributed by atoms with Gasteiger partial charge in [-0.2, -0.15) is 0 Å². The molecule has 4 rings (SSSR count). The summed E-state index contributed by atoms with van der Waals surface area (Å²) in [5.41, 5.74) is 1.65. The lowest BCUT2D eigenvalue weighted by atomic mass is 9.91. The average molecular weight is 407 g/mol. The Morgan fingerprint density at radius 2 is 1.93 bits per heavy atom. The summed E-state index contributed by atoms with van der Waals surface area (Å²) in [6.07, 6.45) is 3.37. The molecule has 0 radical (unpaired) electrons. The summed E-state index contributed by atoms with van der Waals surface area (Å²) in [5.74, 6) is -0.529. The lowest BCUT2D eigenvalue weighted by molar-refractivity contribution is -0.131. The minimum Gasteiger partial charge on any atom is -0.444 e. The summed E-state index contributed by atoms with van der Waals surface area (Å²) >= 11 is 0. The Labute approximate surface area is 173 Å². The van der Waals surface area contributed by atoms with E-state index in [0.717, 1.165) is 23.3 Å². The highest BCUT2D eigenvalue weighted by molar-refractivity contribution is 6.07. The molecule has 154 valence electrons. The molecule has 3 amide bonds. The van der Waals surface area contributed by atoms with Crippen molar-refractivity contribution in [2.45, 2.75) is 38.8 Å². The van der Waals surface area contributed by atoms with Crippen LogP contribution in [0.25, 0.3) is 11.5 Å². The zero-order chi connectivity index (χ0) is 21.3. The number of urea groups is 1. The Morgan fingerprint density at radius 3 is 2.63 bits per heavy atom. The van der Waals surface area contributed by atoms with Crippen molar-refractivity contribution in [3.63, 3.8) is 0 Å². The summed E-state index contributed by atoms with van der Waals surface area (Å²) in [7, 11) is 0. The SMILES string of the molecule is CCCc1ccc(C2(C)NC(=O)N(Cc3coc(-c4cccc(F)c4)n3)C2=O)cc1. The molecule has 0 bridgehead atoms. The van der Waals surface area contributed by atoms with Crippen LogP contribution in [-0.4, -0.2) is 21.8 Å². The summed E-state index contributed by atoms with van der Waals surface area (Å²) in [6.45, 7) is 3.77. The monoisotopic (exact) mass is 407 g/mol. The first-order valence-electron chi connectivity index (χ1n) is 9.84. The third kappa shape index (κ3) is 3.58. The Kier molecular flexibility index (Phi) is 5.11. The highest BCUT2D eigenvalue weighted by Crippen LogP contribution is 2.30. The van der Waals surface area contributed by atoms with E-state index in [1.807, 2.05) is 24.3 Å². The van der Waals surface area contributed by atoms with Gasteiger partial charge in [-0.3, -0.25) is 9.69 Å². The van der Waals surface area contributed by atoms with Gasteiger partial charge in [0.2, 0.25) is 5.89 Å². The summed E-state index contributed by atoms with van der Waals surface area (Å²) in [6, 6.07) is 13.1. The lowest BCUT2D eigenvalue weighted by Gasteiger charge is -2.22. The fraction of sp³-hybridized carbons (Fsp3) is 0.261. The van der Waals surface area contributed by atoms with Gasteiger partial charge in [0.05, 0.1) is 12.2 Å². The van der Waals surface area contributed by atoms with Gasteiger partial charge < -0.3 is 9.73 Å². The van der Waals surface area contributed by atoms with Crippen LogP contribution in [0.4, 0.5) is 9.18 Å². The molecule has 6 nitrogen and oxygen atoms in total. The van der Waals surface area contributed by atoms with E-state index in [-0.39, 0.29) is 18.3 Å². The number of carbonyl (C=O) groups excluding carboxylic acids is 2. The van der Waals surface area contributed by atoms with Crippen LogP contribution in [0.5, 0.6) is 0 Å². The number of carbonyl (C=O) groups is 2. The van der Waals surface area contributed by atoms with E-state index in [2.05, 4.69) is 17.2 Å². The number of nitrogens with zero attached hydrogens (tertiary/aromatic N) is 2. The van der Waals surface area contributed by atoms with Crippen molar-refractivity contribution in [1.82, 2.24) is 15.2 Å². The van der Waals surface area contributed by atoms with Crippen LogP contribution in [0.3, 0.4) is 0 Å². The highest BCUT2D eigenvalue weighted by Gasteiger charge is 2.49. The van der Waals surface area contributed by atoms with Gasteiger partial charge in [-0.15, -0.1) is 0 Å². The maximum Gasteiger partial charge on any atom is 0.325 e. The smallest absolute Gasteiger partial charge is 0.325 e. The number of amides is 3. The van der Waals surface area contributed by atoms with Crippen molar-refractivity contribution in [1.29, 1.82) is 0 Å². The number of halogens is 1. The van der Waals surface area contributed by atoms with E-state index in [1.165, 1.54) is 24.0 Å². The average Bonchev–Trinajstić information content (AvgIpc) is 3.28. The number of imide groups is 1. The Hall–Kier alpha value is -3.48. The zero-order valence-electron chi connectivity index (χ0n) is 16.8. The summed E-state index contributed by atoms with van der Waals surface area (Å²) in [4.78, 5) is 31.1. The van der Waals surface area contributed by atoms with Crippen molar-refractivity contribution in [2.75, 3.05) is 0 Å². The largest absolute Gasteiger partial charge is 0.444 e. The third-order valence-electron chi connectivity index (χ3n) is 5.29. The van der Waals surface area contributed by atoms with E-state index >= 15 is 0 Å². The Morgan fingerprint density at radius 1 is 1.17 bits per heavy atom. The molecule has 0 aliphatic carbocycles. The number of nitrogens with one attached hydrogen (secondary N) is 1. The first-order chi connectivity index (χ1) is 14.4. The predicted octanol–water partition coefficient (Wildman–Crippen LogP) is 4.40.